The van der Waals surface area contributed by atoms with E-state index in [1.807, 2.05) is 23.3 Å². The molecule has 1 aliphatic carbocycles. The van der Waals surface area contributed by atoms with Crippen LogP contribution in [-0.2, 0) is 11.3 Å². The molecule has 0 N–H and O–H groups in total. The summed E-state index contributed by atoms with van der Waals surface area (Å²) in [6.07, 6.45) is 2.03. The second-order valence-corrected chi connectivity index (χ2v) is 6.71. The molecule has 1 heterocycles. The minimum atomic E-state index is 0.0174. The molecule has 1 aliphatic rings. The van der Waals surface area contributed by atoms with Crippen LogP contribution < -0.4 is 0 Å². The quantitative estimate of drug-likeness (QED) is 0.775. The molecule has 2 aromatic rings. The maximum absolute atomic E-state index is 12.2. The first kappa shape index (κ1) is 15.5. The Bertz CT molecular complexity index is 637. The topological polar surface area (TPSA) is 33.2 Å². The van der Waals surface area contributed by atoms with E-state index in [9.17, 15) is 4.79 Å². The van der Waals surface area contributed by atoms with E-state index in [4.69, 9.17) is 11.6 Å². The van der Waals surface area contributed by atoms with E-state index in [0.717, 1.165) is 24.1 Å². The van der Waals surface area contributed by atoms with Crippen LogP contribution >= 0.6 is 23.1 Å². The second kappa shape index (κ2) is 6.80. The van der Waals surface area contributed by atoms with Crippen molar-refractivity contribution in [2.24, 2.45) is 0 Å². The SMILES string of the molecule is Cc1nscc1CN(C(=O)CCl)C1CC(c2ccccc2)C1. The second-order valence-electron chi connectivity index (χ2n) is 5.81. The van der Waals surface area contributed by atoms with Gasteiger partial charge in [-0.2, -0.15) is 4.37 Å². The molecule has 0 saturated heterocycles. The van der Waals surface area contributed by atoms with E-state index < -0.39 is 0 Å². The molecule has 22 heavy (non-hydrogen) atoms. The highest BCUT2D eigenvalue weighted by molar-refractivity contribution is 7.03. The lowest BCUT2D eigenvalue weighted by Crippen LogP contribution is -2.47. The molecule has 116 valence electrons. The summed E-state index contributed by atoms with van der Waals surface area (Å²) in [6.45, 7) is 2.61. The molecule has 3 nitrogen and oxygen atoms in total. The number of amides is 1. The fourth-order valence-corrected chi connectivity index (χ4v) is 3.84. The van der Waals surface area contributed by atoms with Gasteiger partial charge in [-0.25, -0.2) is 0 Å². The van der Waals surface area contributed by atoms with Crippen molar-refractivity contribution in [3.63, 3.8) is 0 Å². The van der Waals surface area contributed by atoms with Gasteiger partial charge in [0.25, 0.3) is 0 Å². The number of aromatic nitrogens is 1. The molecule has 3 rings (SSSR count). The molecule has 0 aliphatic heterocycles. The van der Waals surface area contributed by atoms with E-state index in [1.54, 1.807) is 0 Å². The average molecular weight is 335 g/mol. The highest BCUT2D eigenvalue weighted by Gasteiger charge is 2.36. The molecule has 1 amide bonds. The fourth-order valence-electron chi connectivity index (χ4n) is 2.99. The summed E-state index contributed by atoms with van der Waals surface area (Å²) >= 11 is 7.24. The van der Waals surface area contributed by atoms with Gasteiger partial charge in [0.2, 0.25) is 5.91 Å². The molecule has 0 radical (unpaired) electrons. The van der Waals surface area contributed by atoms with Crippen LogP contribution in [0.4, 0.5) is 0 Å². The Morgan fingerprint density at radius 3 is 2.68 bits per heavy atom. The standard InChI is InChI=1S/C17H19ClN2OS/c1-12-15(11-22-19-12)10-20(17(21)9-18)16-7-14(8-16)13-5-3-2-4-6-13/h2-6,11,14,16H,7-10H2,1H3. The largest absolute Gasteiger partial charge is 0.334 e. The molecule has 1 aromatic carbocycles. The number of halogens is 1. The van der Waals surface area contributed by atoms with Crippen LogP contribution in [-0.4, -0.2) is 27.1 Å². The zero-order chi connectivity index (χ0) is 15.5. The summed E-state index contributed by atoms with van der Waals surface area (Å²) in [5, 5.41) is 2.02. The van der Waals surface area contributed by atoms with Gasteiger partial charge in [0.15, 0.2) is 0 Å². The smallest absolute Gasteiger partial charge is 0.238 e. The van der Waals surface area contributed by atoms with Gasteiger partial charge >= 0.3 is 0 Å². The summed E-state index contributed by atoms with van der Waals surface area (Å²) in [4.78, 5) is 14.1. The van der Waals surface area contributed by atoms with Gasteiger partial charge in [-0.1, -0.05) is 30.3 Å². The number of hydrogen-bond donors (Lipinski definition) is 0. The molecule has 1 saturated carbocycles. The lowest BCUT2D eigenvalue weighted by Gasteiger charge is -2.43. The Kier molecular flexibility index (Phi) is 4.79. The third-order valence-corrected chi connectivity index (χ3v) is 5.45. The normalized spacial score (nSPS) is 20.5. The molecule has 0 atom stereocenters. The number of alkyl halides is 1. The number of rotatable bonds is 5. The van der Waals surface area contributed by atoms with Gasteiger partial charge < -0.3 is 4.90 Å². The Hall–Kier alpha value is -1.39. The van der Waals surface area contributed by atoms with E-state index in [0.29, 0.717) is 12.5 Å². The number of nitrogens with zero attached hydrogens (tertiary/aromatic N) is 2. The fraction of sp³-hybridized carbons (Fsp3) is 0.412. The Balaban J connectivity index is 1.67. The molecular formula is C17H19ClN2OS. The lowest BCUT2D eigenvalue weighted by molar-refractivity contribution is -0.133. The summed E-state index contributed by atoms with van der Waals surface area (Å²) in [7, 11) is 0. The van der Waals surface area contributed by atoms with Gasteiger partial charge in [0.05, 0.1) is 5.69 Å². The van der Waals surface area contributed by atoms with E-state index in [1.165, 1.54) is 17.1 Å². The summed E-state index contributed by atoms with van der Waals surface area (Å²) in [6, 6.07) is 10.8. The molecule has 1 fully saturated rings. The first-order valence-electron chi connectivity index (χ1n) is 7.49. The summed E-state index contributed by atoms with van der Waals surface area (Å²) < 4.78 is 4.29. The average Bonchev–Trinajstić information content (AvgIpc) is 2.90. The van der Waals surface area contributed by atoms with E-state index in [2.05, 4.69) is 28.6 Å². The van der Waals surface area contributed by atoms with Crippen LogP contribution in [0.3, 0.4) is 0 Å². The van der Waals surface area contributed by atoms with Crippen molar-refractivity contribution in [3.8, 4) is 0 Å². The highest BCUT2D eigenvalue weighted by Crippen LogP contribution is 2.40. The van der Waals surface area contributed by atoms with Crippen molar-refractivity contribution < 1.29 is 4.79 Å². The predicted molar refractivity (Wildman–Crippen MR) is 90.3 cm³/mol. The van der Waals surface area contributed by atoms with Gasteiger partial charge in [0, 0.05) is 23.5 Å². The van der Waals surface area contributed by atoms with Crippen LogP contribution in [0.15, 0.2) is 35.7 Å². The molecule has 0 unspecified atom stereocenters. The van der Waals surface area contributed by atoms with Gasteiger partial charge in [0.1, 0.15) is 5.88 Å². The van der Waals surface area contributed by atoms with Crippen molar-refractivity contribution in [1.82, 2.24) is 9.27 Å². The first-order chi connectivity index (χ1) is 10.7. The van der Waals surface area contributed by atoms with Gasteiger partial charge in [-0.05, 0) is 42.8 Å². The molecule has 5 heteroatoms. The van der Waals surface area contributed by atoms with Crippen molar-refractivity contribution in [2.75, 3.05) is 5.88 Å². The predicted octanol–water partition coefficient (Wildman–Crippen LogP) is 3.97. The number of aryl methyl sites for hydroxylation is 1. The zero-order valence-corrected chi connectivity index (χ0v) is 14.1. The van der Waals surface area contributed by atoms with Crippen molar-refractivity contribution in [3.05, 3.63) is 52.5 Å². The van der Waals surface area contributed by atoms with Crippen molar-refractivity contribution in [2.45, 2.75) is 38.3 Å². The zero-order valence-electron chi connectivity index (χ0n) is 12.5. The molecule has 0 spiro atoms. The van der Waals surface area contributed by atoms with Crippen LogP contribution in [0.5, 0.6) is 0 Å². The van der Waals surface area contributed by atoms with Crippen LogP contribution in [0, 0.1) is 6.92 Å². The molecule has 1 aromatic heterocycles. The van der Waals surface area contributed by atoms with Gasteiger partial charge in [-0.15, -0.1) is 11.6 Å². The number of hydrogen-bond acceptors (Lipinski definition) is 3. The number of carbonyl (C=O) groups is 1. The van der Waals surface area contributed by atoms with Crippen molar-refractivity contribution in [1.29, 1.82) is 0 Å². The molecule has 0 bridgehead atoms. The van der Waals surface area contributed by atoms with Gasteiger partial charge in [-0.3, -0.25) is 4.79 Å². The number of benzene rings is 1. The maximum atomic E-state index is 12.2. The first-order valence-corrected chi connectivity index (χ1v) is 8.86. The maximum Gasteiger partial charge on any atom is 0.238 e. The number of carbonyl (C=O) groups excluding carboxylic acids is 1. The highest BCUT2D eigenvalue weighted by atomic mass is 35.5. The Morgan fingerprint density at radius 1 is 1.36 bits per heavy atom. The van der Waals surface area contributed by atoms with Crippen LogP contribution in [0.1, 0.15) is 35.6 Å². The Labute approximate surface area is 140 Å². The Morgan fingerprint density at radius 2 is 2.09 bits per heavy atom. The van der Waals surface area contributed by atoms with Crippen LogP contribution in [0.25, 0.3) is 0 Å². The van der Waals surface area contributed by atoms with Crippen molar-refractivity contribution >= 4 is 29.0 Å². The van der Waals surface area contributed by atoms with E-state index in [-0.39, 0.29) is 17.8 Å². The summed E-state index contributed by atoms with van der Waals surface area (Å²) in [5.74, 6) is 0.616. The monoisotopic (exact) mass is 334 g/mol. The molecular weight excluding hydrogens is 316 g/mol. The summed E-state index contributed by atoms with van der Waals surface area (Å²) in [5.41, 5.74) is 3.51. The third kappa shape index (κ3) is 3.18. The minimum absolute atomic E-state index is 0.0174. The third-order valence-electron chi connectivity index (χ3n) is 4.45. The van der Waals surface area contributed by atoms with E-state index >= 15 is 0 Å². The lowest BCUT2D eigenvalue weighted by atomic mass is 9.75. The minimum Gasteiger partial charge on any atom is -0.334 e. The van der Waals surface area contributed by atoms with Crippen LogP contribution in [0.2, 0.25) is 0 Å².